The van der Waals surface area contributed by atoms with Crippen molar-refractivity contribution < 1.29 is 23.8 Å². The number of methoxy groups -OCH3 is 2. The van der Waals surface area contributed by atoms with Crippen molar-refractivity contribution in [3.05, 3.63) is 102 Å². The van der Waals surface area contributed by atoms with Crippen LogP contribution in [0.15, 0.2) is 79.0 Å². The molecule has 4 aromatic rings. The molecule has 0 N–H and O–H groups in total. The molecule has 0 fully saturated rings. The molecule has 0 saturated carbocycles. The number of ketones is 1. The molecular formula is C26H21N3O5. The Bertz CT molecular complexity index is 1290. The van der Waals surface area contributed by atoms with E-state index in [1.165, 1.54) is 26.5 Å². The number of pyridine rings is 1. The summed E-state index contributed by atoms with van der Waals surface area (Å²) in [6.45, 7) is 0.0416. The summed E-state index contributed by atoms with van der Waals surface area (Å²) in [6.07, 6.45) is 1.46. The number of carbonyl (C=O) groups is 2. The summed E-state index contributed by atoms with van der Waals surface area (Å²) in [5.41, 5.74) is 1.95. The molecule has 2 heterocycles. The SMILES string of the molecule is COc1cc(OC)nc(C(=O)c2nccc(-c3ccccc3)c2C(=O)OCc2ccccc2)n1. The fourth-order valence-electron chi connectivity index (χ4n) is 3.31. The molecule has 2 aromatic carbocycles. The average Bonchev–Trinajstić information content (AvgIpc) is 2.91. The summed E-state index contributed by atoms with van der Waals surface area (Å²) < 4.78 is 15.9. The number of esters is 1. The lowest BCUT2D eigenvalue weighted by atomic mass is 9.97. The second-order valence-electron chi connectivity index (χ2n) is 7.12. The van der Waals surface area contributed by atoms with E-state index in [0.717, 1.165) is 11.1 Å². The van der Waals surface area contributed by atoms with Crippen molar-refractivity contribution in [2.24, 2.45) is 0 Å². The number of carbonyl (C=O) groups excluding carboxylic acids is 2. The Morgan fingerprint density at radius 3 is 2.06 bits per heavy atom. The van der Waals surface area contributed by atoms with Crippen LogP contribution in [0.1, 0.15) is 32.2 Å². The van der Waals surface area contributed by atoms with E-state index in [1.807, 2.05) is 60.7 Å². The molecule has 0 aliphatic carbocycles. The number of rotatable bonds is 8. The van der Waals surface area contributed by atoms with Crippen LogP contribution < -0.4 is 9.47 Å². The van der Waals surface area contributed by atoms with Gasteiger partial charge in [0.1, 0.15) is 12.3 Å². The highest BCUT2D eigenvalue weighted by Gasteiger charge is 2.27. The van der Waals surface area contributed by atoms with Crippen LogP contribution in [0.5, 0.6) is 11.8 Å². The minimum atomic E-state index is -0.686. The van der Waals surface area contributed by atoms with Gasteiger partial charge in [-0.15, -0.1) is 0 Å². The molecule has 0 radical (unpaired) electrons. The summed E-state index contributed by atoms with van der Waals surface area (Å²) >= 11 is 0. The van der Waals surface area contributed by atoms with E-state index in [9.17, 15) is 9.59 Å². The molecule has 0 atom stereocenters. The van der Waals surface area contributed by atoms with Gasteiger partial charge in [0, 0.05) is 11.8 Å². The van der Waals surface area contributed by atoms with Gasteiger partial charge in [-0.1, -0.05) is 60.7 Å². The zero-order valence-corrected chi connectivity index (χ0v) is 18.6. The molecule has 0 aliphatic heterocycles. The quantitative estimate of drug-likeness (QED) is 0.289. The Balaban J connectivity index is 1.79. The first kappa shape index (κ1) is 22.6. The van der Waals surface area contributed by atoms with Gasteiger partial charge in [0.25, 0.3) is 0 Å². The number of nitrogens with zero attached hydrogens (tertiary/aromatic N) is 3. The monoisotopic (exact) mass is 455 g/mol. The van der Waals surface area contributed by atoms with E-state index < -0.39 is 11.8 Å². The largest absolute Gasteiger partial charge is 0.481 e. The smallest absolute Gasteiger partial charge is 0.341 e. The molecule has 0 spiro atoms. The third kappa shape index (κ3) is 4.91. The number of hydrogen-bond donors (Lipinski definition) is 0. The van der Waals surface area contributed by atoms with Gasteiger partial charge in [-0.3, -0.25) is 9.78 Å². The highest BCUT2D eigenvalue weighted by atomic mass is 16.5. The molecule has 34 heavy (non-hydrogen) atoms. The first-order valence-corrected chi connectivity index (χ1v) is 10.4. The Labute approximate surface area is 196 Å². The number of hydrogen-bond acceptors (Lipinski definition) is 8. The Morgan fingerprint density at radius 2 is 1.44 bits per heavy atom. The lowest BCUT2D eigenvalue weighted by Crippen LogP contribution is -2.18. The van der Waals surface area contributed by atoms with Crippen LogP contribution in [0.3, 0.4) is 0 Å². The fraction of sp³-hybridized carbons (Fsp3) is 0.115. The zero-order valence-electron chi connectivity index (χ0n) is 18.6. The van der Waals surface area contributed by atoms with Crippen molar-refractivity contribution in [2.75, 3.05) is 14.2 Å². The number of aromatic nitrogens is 3. The van der Waals surface area contributed by atoms with Gasteiger partial charge in [-0.05, 0) is 17.2 Å². The van der Waals surface area contributed by atoms with Crippen LogP contribution in [0, 0.1) is 0 Å². The molecule has 8 nitrogen and oxygen atoms in total. The lowest BCUT2D eigenvalue weighted by Gasteiger charge is -2.13. The van der Waals surface area contributed by atoms with Crippen LogP contribution in [0.4, 0.5) is 0 Å². The predicted molar refractivity (Wildman–Crippen MR) is 124 cm³/mol. The van der Waals surface area contributed by atoms with Crippen molar-refractivity contribution in [1.82, 2.24) is 15.0 Å². The third-order valence-corrected chi connectivity index (χ3v) is 4.97. The van der Waals surface area contributed by atoms with E-state index in [0.29, 0.717) is 5.56 Å². The molecule has 0 bridgehead atoms. The Kier molecular flexibility index (Phi) is 6.88. The predicted octanol–water partition coefficient (Wildman–Crippen LogP) is 4.14. The Hall–Kier alpha value is -4.59. The van der Waals surface area contributed by atoms with E-state index in [-0.39, 0.29) is 35.4 Å². The summed E-state index contributed by atoms with van der Waals surface area (Å²) in [5.74, 6) is -1.29. The molecule has 0 saturated heterocycles. The highest BCUT2D eigenvalue weighted by Crippen LogP contribution is 2.28. The van der Waals surface area contributed by atoms with Gasteiger partial charge in [0.2, 0.25) is 23.4 Å². The standard InChI is InChI=1S/C26H21N3O5/c1-32-20-15-21(33-2)29-25(28-20)24(30)23-22(26(31)34-16-17-9-5-3-6-10-17)19(13-14-27-23)18-11-7-4-8-12-18/h3-15H,16H2,1-2H3. The van der Waals surface area contributed by atoms with Crippen LogP contribution in [-0.2, 0) is 11.3 Å². The molecule has 8 heteroatoms. The van der Waals surface area contributed by atoms with Crippen LogP contribution in [-0.4, -0.2) is 40.9 Å². The van der Waals surface area contributed by atoms with Gasteiger partial charge in [-0.2, -0.15) is 9.97 Å². The third-order valence-electron chi connectivity index (χ3n) is 4.97. The van der Waals surface area contributed by atoms with Gasteiger partial charge < -0.3 is 14.2 Å². The van der Waals surface area contributed by atoms with Crippen LogP contribution in [0.2, 0.25) is 0 Å². The van der Waals surface area contributed by atoms with Crippen molar-refractivity contribution >= 4 is 11.8 Å². The molecule has 170 valence electrons. The molecule has 4 rings (SSSR count). The second-order valence-corrected chi connectivity index (χ2v) is 7.12. The summed E-state index contributed by atoms with van der Waals surface area (Å²) in [4.78, 5) is 39.2. The zero-order chi connectivity index (χ0) is 23.9. The Morgan fingerprint density at radius 1 is 0.824 bits per heavy atom. The van der Waals surface area contributed by atoms with Crippen molar-refractivity contribution in [3.8, 4) is 22.9 Å². The van der Waals surface area contributed by atoms with Crippen molar-refractivity contribution in [2.45, 2.75) is 6.61 Å². The van der Waals surface area contributed by atoms with Crippen LogP contribution in [0.25, 0.3) is 11.1 Å². The second kappa shape index (κ2) is 10.4. The van der Waals surface area contributed by atoms with Gasteiger partial charge in [0.05, 0.1) is 25.8 Å². The van der Waals surface area contributed by atoms with E-state index >= 15 is 0 Å². The highest BCUT2D eigenvalue weighted by molar-refractivity contribution is 6.14. The molecule has 2 aromatic heterocycles. The normalized spacial score (nSPS) is 10.4. The first-order chi connectivity index (χ1) is 16.6. The van der Waals surface area contributed by atoms with Gasteiger partial charge in [-0.25, -0.2) is 4.79 Å². The van der Waals surface area contributed by atoms with E-state index in [4.69, 9.17) is 14.2 Å². The maximum atomic E-state index is 13.5. The number of ether oxygens (including phenoxy) is 3. The van der Waals surface area contributed by atoms with Crippen LogP contribution >= 0.6 is 0 Å². The van der Waals surface area contributed by atoms with Crippen molar-refractivity contribution in [1.29, 1.82) is 0 Å². The first-order valence-electron chi connectivity index (χ1n) is 10.4. The summed E-state index contributed by atoms with van der Waals surface area (Å²) in [5, 5.41) is 0. The molecule has 0 amide bonds. The average molecular weight is 455 g/mol. The van der Waals surface area contributed by atoms with E-state index in [1.54, 1.807) is 6.07 Å². The summed E-state index contributed by atoms with van der Waals surface area (Å²) in [7, 11) is 2.83. The topological polar surface area (TPSA) is 100 Å². The molecular weight excluding hydrogens is 434 g/mol. The maximum absolute atomic E-state index is 13.5. The molecule has 0 unspecified atom stereocenters. The lowest BCUT2D eigenvalue weighted by molar-refractivity contribution is 0.0470. The molecule has 0 aliphatic rings. The van der Waals surface area contributed by atoms with E-state index in [2.05, 4.69) is 15.0 Å². The number of benzene rings is 2. The van der Waals surface area contributed by atoms with Crippen molar-refractivity contribution in [3.63, 3.8) is 0 Å². The summed E-state index contributed by atoms with van der Waals surface area (Å²) in [6, 6.07) is 21.6. The van der Waals surface area contributed by atoms with Gasteiger partial charge >= 0.3 is 5.97 Å². The fourth-order valence-corrected chi connectivity index (χ4v) is 3.31. The minimum Gasteiger partial charge on any atom is -0.481 e. The minimum absolute atomic E-state index is 0.0278. The maximum Gasteiger partial charge on any atom is 0.341 e. The van der Waals surface area contributed by atoms with Gasteiger partial charge in [0.15, 0.2) is 0 Å².